The van der Waals surface area contributed by atoms with Crippen LogP contribution in [0, 0.1) is 0 Å². The van der Waals surface area contributed by atoms with Crippen LogP contribution in [0.2, 0.25) is 0 Å². The van der Waals surface area contributed by atoms with Gasteiger partial charge in [-0.1, -0.05) is 86.6 Å². The van der Waals surface area contributed by atoms with Gasteiger partial charge < -0.3 is 5.32 Å². The lowest BCUT2D eigenvalue weighted by Crippen LogP contribution is -2.25. The molecule has 1 heterocycles. The van der Waals surface area contributed by atoms with Crippen LogP contribution in [0.15, 0.2) is 78.9 Å². The molecule has 31 heavy (non-hydrogen) atoms. The molecule has 0 aliphatic heterocycles. The van der Waals surface area contributed by atoms with Crippen molar-refractivity contribution in [3.8, 4) is 22.5 Å². The first-order valence-corrected chi connectivity index (χ1v) is 10.4. The van der Waals surface area contributed by atoms with Crippen LogP contribution in [0.3, 0.4) is 0 Å². The Kier molecular flexibility index (Phi) is 5.89. The Morgan fingerprint density at radius 3 is 2.23 bits per heavy atom. The number of rotatable bonds is 6. The molecule has 0 saturated carbocycles. The zero-order chi connectivity index (χ0) is 21.8. The van der Waals surface area contributed by atoms with Gasteiger partial charge in [0, 0.05) is 16.8 Å². The second-order valence-electron chi connectivity index (χ2n) is 7.79. The molecule has 1 aromatic heterocycles. The highest BCUT2D eigenvalue weighted by atomic mass is 16.2. The molecule has 156 valence electrons. The van der Waals surface area contributed by atoms with E-state index in [1.54, 1.807) is 6.92 Å². The maximum absolute atomic E-state index is 12.9. The Morgan fingerprint density at radius 2 is 1.52 bits per heavy atom. The number of nitrogens with one attached hydrogen (secondary N) is 1. The number of amides is 1. The van der Waals surface area contributed by atoms with E-state index >= 15 is 0 Å². The van der Waals surface area contributed by atoms with Crippen LogP contribution in [0.5, 0.6) is 0 Å². The number of carbonyl (C=O) groups is 1. The SMILES string of the molecule is CC(C)c1ccc(-c2nnn([C@H](C)C(=O)Nc3ccccc3-c3ccccc3)n2)cc1. The molecule has 1 N–H and O–H groups in total. The van der Waals surface area contributed by atoms with Crippen LogP contribution < -0.4 is 5.32 Å². The molecule has 4 aromatic rings. The minimum absolute atomic E-state index is 0.206. The number of nitrogens with zero attached hydrogens (tertiary/aromatic N) is 4. The first kappa shape index (κ1) is 20.5. The minimum atomic E-state index is -0.611. The lowest BCUT2D eigenvalue weighted by atomic mass is 10.0. The second-order valence-corrected chi connectivity index (χ2v) is 7.79. The van der Waals surface area contributed by atoms with Gasteiger partial charge in [-0.2, -0.15) is 4.80 Å². The molecular formula is C25H25N5O. The first-order chi connectivity index (χ1) is 15.0. The van der Waals surface area contributed by atoms with Crippen molar-refractivity contribution in [1.29, 1.82) is 0 Å². The van der Waals surface area contributed by atoms with E-state index in [1.807, 2.05) is 66.7 Å². The number of carbonyl (C=O) groups excluding carboxylic acids is 1. The number of benzene rings is 3. The van der Waals surface area contributed by atoms with Crippen molar-refractivity contribution in [2.75, 3.05) is 5.32 Å². The number of anilines is 1. The van der Waals surface area contributed by atoms with E-state index in [9.17, 15) is 4.79 Å². The smallest absolute Gasteiger partial charge is 0.250 e. The Morgan fingerprint density at radius 1 is 0.839 bits per heavy atom. The van der Waals surface area contributed by atoms with Crippen molar-refractivity contribution >= 4 is 11.6 Å². The third-order valence-corrected chi connectivity index (χ3v) is 5.26. The summed E-state index contributed by atoms with van der Waals surface area (Å²) in [6.45, 7) is 6.06. The fraction of sp³-hybridized carbons (Fsp3) is 0.200. The summed E-state index contributed by atoms with van der Waals surface area (Å²) in [6.07, 6.45) is 0. The Bertz CT molecular complexity index is 1170. The van der Waals surface area contributed by atoms with E-state index in [0.29, 0.717) is 11.7 Å². The zero-order valence-corrected chi connectivity index (χ0v) is 17.9. The van der Waals surface area contributed by atoms with Crippen molar-refractivity contribution in [2.24, 2.45) is 0 Å². The molecule has 0 spiro atoms. The van der Waals surface area contributed by atoms with E-state index < -0.39 is 6.04 Å². The summed E-state index contributed by atoms with van der Waals surface area (Å²) in [7, 11) is 0. The molecule has 1 amide bonds. The molecule has 0 saturated heterocycles. The van der Waals surface area contributed by atoms with Gasteiger partial charge in [0.2, 0.25) is 5.82 Å². The maximum Gasteiger partial charge on any atom is 0.250 e. The van der Waals surface area contributed by atoms with Gasteiger partial charge in [-0.05, 0) is 35.2 Å². The van der Waals surface area contributed by atoms with Gasteiger partial charge in [-0.25, -0.2) is 0 Å². The van der Waals surface area contributed by atoms with Crippen molar-refractivity contribution in [3.05, 3.63) is 84.4 Å². The van der Waals surface area contributed by atoms with E-state index in [-0.39, 0.29) is 5.91 Å². The normalized spacial score (nSPS) is 12.0. The summed E-state index contributed by atoms with van der Waals surface area (Å²) >= 11 is 0. The first-order valence-electron chi connectivity index (χ1n) is 10.4. The largest absolute Gasteiger partial charge is 0.324 e. The Balaban J connectivity index is 1.51. The highest BCUT2D eigenvalue weighted by Crippen LogP contribution is 2.28. The summed E-state index contributed by atoms with van der Waals surface area (Å²) < 4.78 is 0. The Labute approximate surface area is 181 Å². The maximum atomic E-state index is 12.9. The van der Waals surface area contributed by atoms with E-state index in [1.165, 1.54) is 10.4 Å². The molecule has 3 aromatic carbocycles. The molecule has 6 heteroatoms. The minimum Gasteiger partial charge on any atom is -0.324 e. The lowest BCUT2D eigenvalue weighted by Gasteiger charge is -2.14. The predicted octanol–water partition coefficient (Wildman–Crippen LogP) is 5.33. The Hall–Kier alpha value is -3.80. The monoisotopic (exact) mass is 411 g/mol. The molecule has 0 radical (unpaired) electrons. The second kappa shape index (κ2) is 8.92. The van der Waals surface area contributed by atoms with Crippen LogP contribution in [0.1, 0.15) is 38.3 Å². The number of hydrogen-bond acceptors (Lipinski definition) is 4. The third-order valence-electron chi connectivity index (χ3n) is 5.26. The van der Waals surface area contributed by atoms with Crippen LogP contribution in [0.25, 0.3) is 22.5 Å². The summed E-state index contributed by atoms with van der Waals surface area (Å²) in [5, 5.41) is 15.7. The predicted molar refractivity (Wildman–Crippen MR) is 123 cm³/mol. The zero-order valence-electron chi connectivity index (χ0n) is 17.9. The molecule has 0 aliphatic carbocycles. The average Bonchev–Trinajstić information content (AvgIpc) is 3.30. The van der Waals surface area contributed by atoms with E-state index in [4.69, 9.17) is 0 Å². The van der Waals surface area contributed by atoms with Gasteiger partial charge in [-0.3, -0.25) is 4.79 Å². The van der Waals surface area contributed by atoms with Gasteiger partial charge in [0.15, 0.2) is 0 Å². The average molecular weight is 412 g/mol. The summed E-state index contributed by atoms with van der Waals surface area (Å²) in [5.41, 5.74) is 4.87. The molecule has 0 bridgehead atoms. The van der Waals surface area contributed by atoms with Crippen molar-refractivity contribution in [2.45, 2.75) is 32.7 Å². The number of hydrogen-bond donors (Lipinski definition) is 1. The van der Waals surface area contributed by atoms with Crippen LogP contribution >= 0.6 is 0 Å². The van der Waals surface area contributed by atoms with Crippen LogP contribution in [0.4, 0.5) is 5.69 Å². The molecular weight excluding hydrogens is 386 g/mol. The van der Waals surface area contributed by atoms with E-state index in [2.05, 4.69) is 46.7 Å². The fourth-order valence-corrected chi connectivity index (χ4v) is 3.33. The van der Waals surface area contributed by atoms with Gasteiger partial charge >= 0.3 is 0 Å². The van der Waals surface area contributed by atoms with Crippen LogP contribution in [-0.4, -0.2) is 26.1 Å². The summed E-state index contributed by atoms with van der Waals surface area (Å²) in [4.78, 5) is 14.3. The topological polar surface area (TPSA) is 72.7 Å². The number of aromatic nitrogens is 4. The highest BCUT2D eigenvalue weighted by Gasteiger charge is 2.20. The van der Waals surface area contributed by atoms with Crippen molar-refractivity contribution < 1.29 is 4.79 Å². The van der Waals surface area contributed by atoms with E-state index in [0.717, 1.165) is 22.4 Å². The van der Waals surface area contributed by atoms with Gasteiger partial charge in [0.05, 0.1) is 0 Å². The van der Waals surface area contributed by atoms with Gasteiger partial charge in [0.1, 0.15) is 6.04 Å². The fourth-order valence-electron chi connectivity index (χ4n) is 3.33. The molecule has 6 nitrogen and oxygen atoms in total. The van der Waals surface area contributed by atoms with Gasteiger partial charge in [-0.15, -0.1) is 10.2 Å². The third kappa shape index (κ3) is 4.53. The summed E-state index contributed by atoms with van der Waals surface area (Å²) in [5.74, 6) is 0.752. The molecule has 4 rings (SSSR count). The molecule has 0 fully saturated rings. The van der Waals surface area contributed by atoms with Crippen molar-refractivity contribution in [3.63, 3.8) is 0 Å². The van der Waals surface area contributed by atoms with Gasteiger partial charge in [0.25, 0.3) is 5.91 Å². The molecule has 0 unspecified atom stereocenters. The number of tetrazole rings is 1. The standard InChI is InChI=1S/C25H25N5O/c1-17(2)19-13-15-21(16-14-19)24-27-29-30(28-24)18(3)25(31)26-23-12-8-7-11-22(23)20-9-5-4-6-10-20/h4-18H,1-3H3,(H,26,31)/t18-/m1/s1. The number of para-hydroxylation sites is 1. The highest BCUT2D eigenvalue weighted by molar-refractivity contribution is 5.97. The van der Waals surface area contributed by atoms with Crippen molar-refractivity contribution in [1.82, 2.24) is 20.2 Å². The molecule has 0 aliphatic rings. The van der Waals surface area contributed by atoms with Crippen LogP contribution in [-0.2, 0) is 4.79 Å². The summed E-state index contributed by atoms with van der Waals surface area (Å²) in [6, 6.07) is 25.2. The lowest BCUT2D eigenvalue weighted by molar-refractivity contribution is -0.119. The molecule has 1 atom stereocenters. The quantitative estimate of drug-likeness (QED) is 0.465.